The molecule has 1 rings (SSSR count). The average molecular weight is 298 g/mol. The van der Waals surface area contributed by atoms with Gasteiger partial charge in [-0.2, -0.15) is 0 Å². The lowest BCUT2D eigenvalue weighted by molar-refractivity contribution is -0.142. The summed E-state index contributed by atoms with van der Waals surface area (Å²) in [6.07, 6.45) is -3.78. The number of carboxylic acids is 1. The quantitative estimate of drug-likeness (QED) is 0.845. The number of aliphatic carboxylic acids is 1. The number of amides is 1. The van der Waals surface area contributed by atoms with Gasteiger partial charge in [0.05, 0.1) is 10.8 Å². The first-order chi connectivity index (χ1) is 8.38. The number of nitrogens with one attached hydrogen (secondary N) is 1. The molecule has 0 spiro atoms. The topological polar surface area (TPSA) is 66.4 Å². The van der Waals surface area contributed by atoms with Crippen LogP contribution in [0.3, 0.4) is 0 Å². The molecule has 0 bridgehead atoms. The Labute approximate surface area is 111 Å². The second kappa shape index (κ2) is 6.65. The maximum absolute atomic E-state index is 12.1. The number of carbonyl (C=O) groups is 2. The largest absolute Gasteiger partial charge is 0.480 e. The van der Waals surface area contributed by atoms with E-state index in [0.717, 1.165) is 0 Å². The summed E-state index contributed by atoms with van der Waals surface area (Å²) in [7, 11) is 0. The van der Waals surface area contributed by atoms with Gasteiger partial charge in [0, 0.05) is 11.3 Å². The first-order valence-corrected chi connectivity index (χ1v) is 6.12. The van der Waals surface area contributed by atoms with E-state index >= 15 is 0 Å². The molecule has 8 heteroatoms. The van der Waals surface area contributed by atoms with Gasteiger partial charge in [-0.05, 0) is 12.1 Å². The Balaban J connectivity index is 2.53. The van der Waals surface area contributed by atoms with Crippen LogP contribution in [0.2, 0.25) is 4.34 Å². The smallest absolute Gasteiger partial charge is 0.326 e. The van der Waals surface area contributed by atoms with Crippen LogP contribution in [0.15, 0.2) is 12.1 Å². The summed E-state index contributed by atoms with van der Waals surface area (Å²) in [6.45, 7) is 0. The van der Waals surface area contributed by atoms with Gasteiger partial charge in [-0.3, -0.25) is 4.79 Å². The van der Waals surface area contributed by atoms with Crippen molar-refractivity contribution in [2.75, 3.05) is 0 Å². The van der Waals surface area contributed by atoms with Crippen molar-refractivity contribution >= 4 is 34.8 Å². The van der Waals surface area contributed by atoms with Crippen molar-refractivity contribution in [3.63, 3.8) is 0 Å². The van der Waals surface area contributed by atoms with Crippen molar-refractivity contribution in [2.24, 2.45) is 0 Å². The third-order valence-corrected chi connectivity index (χ3v) is 3.24. The van der Waals surface area contributed by atoms with Crippen molar-refractivity contribution in [3.05, 3.63) is 21.3 Å². The molecule has 0 aliphatic heterocycles. The summed E-state index contributed by atoms with van der Waals surface area (Å²) < 4.78 is 24.7. The zero-order chi connectivity index (χ0) is 13.7. The molecule has 1 aromatic rings. The van der Waals surface area contributed by atoms with E-state index in [-0.39, 0.29) is 6.42 Å². The maximum Gasteiger partial charge on any atom is 0.326 e. The molecule has 1 amide bonds. The summed E-state index contributed by atoms with van der Waals surface area (Å²) in [5.41, 5.74) is 0. The van der Waals surface area contributed by atoms with Crippen LogP contribution in [-0.2, 0) is 16.0 Å². The molecule has 2 N–H and O–H groups in total. The van der Waals surface area contributed by atoms with Crippen molar-refractivity contribution in [3.8, 4) is 0 Å². The minimum absolute atomic E-state index is 0.0790. The maximum atomic E-state index is 12.1. The summed E-state index contributed by atoms with van der Waals surface area (Å²) in [6, 6.07) is 1.64. The van der Waals surface area contributed by atoms with Crippen molar-refractivity contribution in [2.45, 2.75) is 25.3 Å². The van der Waals surface area contributed by atoms with E-state index in [1.54, 1.807) is 12.1 Å². The van der Waals surface area contributed by atoms with Crippen LogP contribution in [0, 0.1) is 0 Å². The molecule has 4 nitrogen and oxygen atoms in total. The summed E-state index contributed by atoms with van der Waals surface area (Å²) in [5.74, 6) is -2.10. The van der Waals surface area contributed by atoms with Crippen LogP contribution in [0.1, 0.15) is 11.3 Å². The molecule has 0 aliphatic rings. The monoisotopic (exact) mass is 297 g/mol. The third kappa shape index (κ3) is 4.97. The number of carbonyl (C=O) groups excluding carboxylic acids is 1. The fourth-order valence-electron chi connectivity index (χ4n) is 1.25. The van der Waals surface area contributed by atoms with Crippen LogP contribution < -0.4 is 5.32 Å². The Morgan fingerprint density at radius 1 is 1.44 bits per heavy atom. The Hall–Kier alpha value is -1.21. The minimum atomic E-state index is -2.79. The van der Waals surface area contributed by atoms with Crippen molar-refractivity contribution < 1.29 is 23.5 Å². The molecule has 0 saturated heterocycles. The summed E-state index contributed by atoms with van der Waals surface area (Å²) in [5, 5.41) is 10.7. The van der Waals surface area contributed by atoms with E-state index in [4.69, 9.17) is 16.7 Å². The second-order valence-corrected chi connectivity index (χ2v) is 5.27. The van der Waals surface area contributed by atoms with Crippen LogP contribution in [0.5, 0.6) is 0 Å². The van der Waals surface area contributed by atoms with E-state index in [2.05, 4.69) is 5.32 Å². The number of alkyl halides is 2. The molecular formula is C10H10ClF2NO3S. The predicted octanol–water partition coefficient (Wildman–Crippen LogP) is 2.17. The van der Waals surface area contributed by atoms with Crippen LogP contribution >= 0.6 is 22.9 Å². The molecule has 0 saturated carbocycles. The van der Waals surface area contributed by atoms with E-state index in [0.29, 0.717) is 9.21 Å². The standard InChI is InChI=1S/C10H10ClF2NO3S/c11-7-2-1-5(18-7)3-9(15)14-6(10(16)17)4-8(12)13/h1-2,6,8H,3-4H2,(H,14,15)(H,16,17). The Kier molecular flexibility index (Phi) is 5.49. The number of carboxylic acid groups (broad SMARTS) is 1. The van der Waals surface area contributed by atoms with Crippen molar-refractivity contribution in [1.29, 1.82) is 0 Å². The lowest BCUT2D eigenvalue weighted by atomic mass is 10.2. The highest BCUT2D eigenvalue weighted by Gasteiger charge is 2.24. The predicted molar refractivity (Wildman–Crippen MR) is 63.2 cm³/mol. The van der Waals surface area contributed by atoms with Gasteiger partial charge in [-0.25, -0.2) is 13.6 Å². The fraction of sp³-hybridized carbons (Fsp3) is 0.400. The Morgan fingerprint density at radius 2 is 2.11 bits per heavy atom. The van der Waals surface area contributed by atoms with Gasteiger partial charge < -0.3 is 10.4 Å². The fourth-order valence-corrected chi connectivity index (χ4v) is 2.34. The highest BCUT2D eigenvalue weighted by molar-refractivity contribution is 7.16. The normalized spacial score (nSPS) is 12.4. The lowest BCUT2D eigenvalue weighted by Crippen LogP contribution is -2.42. The highest BCUT2D eigenvalue weighted by atomic mass is 35.5. The van der Waals surface area contributed by atoms with E-state index in [1.807, 2.05) is 0 Å². The Bertz CT molecular complexity index is 439. The number of hydrogen-bond acceptors (Lipinski definition) is 3. The molecule has 100 valence electrons. The van der Waals surface area contributed by atoms with E-state index in [9.17, 15) is 18.4 Å². The minimum Gasteiger partial charge on any atom is -0.480 e. The number of hydrogen-bond donors (Lipinski definition) is 2. The van der Waals surface area contributed by atoms with Gasteiger partial charge in [0.25, 0.3) is 0 Å². The zero-order valence-corrected chi connectivity index (χ0v) is 10.6. The van der Waals surface area contributed by atoms with Gasteiger partial charge in [0.15, 0.2) is 0 Å². The first-order valence-electron chi connectivity index (χ1n) is 4.93. The molecule has 0 radical (unpaired) electrons. The van der Waals surface area contributed by atoms with E-state index < -0.39 is 30.8 Å². The SMILES string of the molecule is O=C(Cc1ccc(Cl)s1)NC(CC(F)F)C(=O)O. The van der Waals surface area contributed by atoms with Crippen molar-refractivity contribution in [1.82, 2.24) is 5.32 Å². The third-order valence-electron chi connectivity index (χ3n) is 2.01. The van der Waals surface area contributed by atoms with Gasteiger partial charge in [-0.15, -0.1) is 11.3 Å². The average Bonchev–Trinajstić information content (AvgIpc) is 2.62. The molecule has 0 fully saturated rings. The molecule has 1 unspecified atom stereocenters. The van der Waals surface area contributed by atoms with Gasteiger partial charge in [0.1, 0.15) is 6.04 Å². The van der Waals surface area contributed by atoms with Gasteiger partial charge in [-0.1, -0.05) is 11.6 Å². The van der Waals surface area contributed by atoms with E-state index in [1.165, 1.54) is 11.3 Å². The molecule has 1 aromatic heterocycles. The van der Waals surface area contributed by atoms with Crippen LogP contribution in [0.4, 0.5) is 8.78 Å². The number of rotatable bonds is 6. The molecular weight excluding hydrogens is 288 g/mol. The number of halogens is 3. The second-order valence-electron chi connectivity index (χ2n) is 3.47. The summed E-state index contributed by atoms with van der Waals surface area (Å²) >= 11 is 6.84. The van der Waals surface area contributed by atoms with Gasteiger partial charge >= 0.3 is 5.97 Å². The van der Waals surface area contributed by atoms with Crippen LogP contribution in [0.25, 0.3) is 0 Å². The molecule has 18 heavy (non-hydrogen) atoms. The molecule has 1 heterocycles. The zero-order valence-electron chi connectivity index (χ0n) is 9.03. The summed E-state index contributed by atoms with van der Waals surface area (Å²) in [4.78, 5) is 22.8. The first kappa shape index (κ1) is 14.8. The highest BCUT2D eigenvalue weighted by Crippen LogP contribution is 2.21. The van der Waals surface area contributed by atoms with Crippen LogP contribution in [-0.4, -0.2) is 29.5 Å². The molecule has 0 aromatic carbocycles. The molecule has 0 aliphatic carbocycles. The Morgan fingerprint density at radius 3 is 2.56 bits per heavy atom. The number of thiophene rings is 1. The lowest BCUT2D eigenvalue weighted by Gasteiger charge is -2.13. The van der Waals surface area contributed by atoms with Gasteiger partial charge in [0.2, 0.25) is 12.3 Å². The molecule has 1 atom stereocenters.